The highest BCUT2D eigenvalue weighted by Crippen LogP contribution is 2.40. The van der Waals surface area contributed by atoms with Crippen molar-refractivity contribution in [2.75, 3.05) is 7.11 Å². The van der Waals surface area contributed by atoms with Crippen molar-refractivity contribution >= 4 is 10.9 Å². The molecule has 104 valence electrons. The van der Waals surface area contributed by atoms with Crippen molar-refractivity contribution in [3.05, 3.63) is 72.1 Å². The van der Waals surface area contributed by atoms with E-state index in [1.54, 1.807) is 13.4 Å². The summed E-state index contributed by atoms with van der Waals surface area (Å²) in [7, 11) is 1.69. The Kier molecular flexibility index (Phi) is 2.71. The van der Waals surface area contributed by atoms with Crippen LogP contribution in [-0.2, 0) is 0 Å². The van der Waals surface area contributed by atoms with E-state index in [1.165, 1.54) is 11.1 Å². The van der Waals surface area contributed by atoms with E-state index in [0.717, 1.165) is 22.4 Å². The zero-order chi connectivity index (χ0) is 14.2. The van der Waals surface area contributed by atoms with E-state index in [4.69, 9.17) is 9.47 Å². The third-order valence-corrected chi connectivity index (χ3v) is 3.96. The molecule has 1 aliphatic heterocycles. The maximum absolute atomic E-state index is 5.76. The molecule has 4 rings (SSSR count). The summed E-state index contributed by atoms with van der Waals surface area (Å²) in [5.41, 5.74) is 3.41. The Bertz CT molecular complexity index is 832. The molecule has 2 aromatic carbocycles. The molecule has 1 atom stereocenters. The molecule has 1 aromatic heterocycles. The van der Waals surface area contributed by atoms with Crippen LogP contribution in [0, 0.1) is 0 Å². The lowest BCUT2D eigenvalue weighted by atomic mass is 9.89. The van der Waals surface area contributed by atoms with Crippen LogP contribution in [0.15, 0.2) is 61.0 Å². The number of hydrogen-bond donors (Lipinski definition) is 1. The molecule has 3 aromatic rings. The molecular formula is C18H15NO2. The number of aromatic amines is 1. The number of aromatic nitrogens is 1. The van der Waals surface area contributed by atoms with E-state index in [9.17, 15) is 0 Å². The van der Waals surface area contributed by atoms with Crippen LogP contribution >= 0.6 is 0 Å². The molecule has 0 bridgehead atoms. The van der Waals surface area contributed by atoms with Crippen molar-refractivity contribution in [1.29, 1.82) is 0 Å². The quantitative estimate of drug-likeness (QED) is 0.761. The highest BCUT2D eigenvalue weighted by atomic mass is 16.5. The minimum Gasteiger partial charge on any atom is -0.497 e. The SMILES string of the molecule is COc1cccc(C2C=COc3c2ccc2cc[nH]c32)c1. The van der Waals surface area contributed by atoms with Crippen LogP contribution in [-0.4, -0.2) is 12.1 Å². The molecule has 1 N–H and O–H groups in total. The second kappa shape index (κ2) is 4.70. The fraction of sp³-hybridized carbons (Fsp3) is 0.111. The highest BCUT2D eigenvalue weighted by Gasteiger charge is 2.22. The lowest BCUT2D eigenvalue weighted by molar-refractivity contribution is 0.414. The first kappa shape index (κ1) is 12.1. The Labute approximate surface area is 122 Å². The van der Waals surface area contributed by atoms with E-state index in [2.05, 4.69) is 41.4 Å². The summed E-state index contributed by atoms with van der Waals surface area (Å²) in [5.74, 6) is 1.96. The minimum atomic E-state index is 0.177. The number of H-pyrrole nitrogens is 1. The standard InChI is InChI=1S/C18H15NO2/c1-20-14-4-2-3-13(11-14)15-8-10-21-18-16(15)6-5-12-7-9-19-17(12)18/h2-11,15,19H,1H3. The van der Waals surface area contributed by atoms with Gasteiger partial charge in [0.25, 0.3) is 0 Å². The third-order valence-electron chi connectivity index (χ3n) is 3.96. The number of nitrogens with one attached hydrogen (secondary N) is 1. The molecule has 0 saturated heterocycles. The molecule has 3 nitrogen and oxygen atoms in total. The Balaban J connectivity index is 1.88. The van der Waals surface area contributed by atoms with Crippen LogP contribution in [0.1, 0.15) is 17.0 Å². The van der Waals surface area contributed by atoms with Gasteiger partial charge in [0.15, 0.2) is 5.75 Å². The summed E-state index contributed by atoms with van der Waals surface area (Å²) in [6.45, 7) is 0. The van der Waals surface area contributed by atoms with Gasteiger partial charge >= 0.3 is 0 Å². The van der Waals surface area contributed by atoms with Crippen molar-refractivity contribution in [2.45, 2.75) is 5.92 Å². The van der Waals surface area contributed by atoms with E-state index in [0.29, 0.717) is 0 Å². The van der Waals surface area contributed by atoms with Crippen LogP contribution in [0.2, 0.25) is 0 Å². The summed E-state index contributed by atoms with van der Waals surface area (Å²) in [4.78, 5) is 3.26. The van der Waals surface area contributed by atoms with Crippen LogP contribution in [0.3, 0.4) is 0 Å². The smallest absolute Gasteiger partial charge is 0.154 e. The summed E-state index contributed by atoms with van der Waals surface area (Å²) in [6, 6.07) is 14.5. The van der Waals surface area contributed by atoms with Gasteiger partial charge < -0.3 is 14.5 Å². The average Bonchev–Trinajstić information content (AvgIpc) is 3.03. The summed E-state index contributed by atoms with van der Waals surface area (Å²) in [5, 5.41) is 1.16. The fourth-order valence-electron chi connectivity index (χ4n) is 2.90. The monoisotopic (exact) mass is 277 g/mol. The van der Waals surface area contributed by atoms with Gasteiger partial charge in [-0.2, -0.15) is 0 Å². The highest BCUT2D eigenvalue weighted by molar-refractivity contribution is 5.87. The predicted molar refractivity (Wildman–Crippen MR) is 82.9 cm³/mol. The molecule has 1 unspecified atom stereocenters. The van der Waals surface area contributed by atoms with Crippen molar-refractivity contribution in [2.24, 2.45) is 0 Å². The van der Waals surface area contributed by atoms with Crippen LogP contribution in [0.4, 0.5) is 0 Å². The van der Waals surface area contributed by atoms with Gasteiger partial charge in [0, 0.05) is 23.1 Å². The lowest BCUT2D eigenvalue weighted by Gasteiger charge is -2.22. The van der Waals surface area contributed by atoms with Crippen molar-refractivity contribution in [3.8, 4) is 11.5 Å². The van der Waals surface area contributed by atoms with Gasteiger partial charge in [0.2, 0.25) is 0 Å². The Hall–Kier alpha value is -2.68. The van der Waals surface area contributed by atoms with E-state index >= 15 is 0 Å². The summed E-state index contributed by atoms with van der Waals surface area (Å²) in [6.07, 6.45) is 5.78. The Morgan fingerprint density at radius 2 is 2.10 bits per heavy atom. The second-order valence-corrected chi connectivity index (χ2v) is 5.13. The minimum absolute atomic E-state index is 0.177. The molecule has 0 aliphatic carbocycles. The van der Waals surface area contributed by atoms with E-state index in [1.807, 2.05) is 18.3 Å². The maximum Gasteiger partial charge on any atom is 0.154 e. The molecule has 0 spiro atoms. The van der Waals surface area contributed by atoms with Gasteiger partial charge in [-0.05, 0) is 29.8 Å². The first-order valence-electron chi connectivity index (χ1n) is 6.94. The van der Waals surface area contributed by atoms with Gasteiger partial charge in [-0.3, -0.25) is 0 Å². The molecule has 0 saturated carbocycles. The number of fused-ring (bicyclic) bond motifs is 3. The molecule has 3 heteroatoms. The van der Waals surface area contributed by atoms with Gasteiger partial charge in [0.1, 0.15) is 5.75 Å². The molecule has 0 amide bonds. The zero-order valence-electron chi connectivity index (χ0n) is 11.7. The Morgan fingerprint density at radius 3 is 3.00 bits per heavy atom. The van der Waals surface area contributed by atoms with E-state index < -0.39 is 0 Å². The summed E-state index contributed by atoms with van der Waals surface area (Å²) < 4.78 is 11.1. The number of methoxy groups -OCH3 is 1. The second-order valence-electron chi connectivity index (χ2n) is 5.13. The fourth-order valence-corrected chi connectivity index (χ4v) is 2.90. The zero-order valence-corrected chi connectivity index (χ0v) is 11.7. The Morgan fingerprint density at radius 1 is 1.14 bits per heavy atom. The normalized spacial score (nSPS) is 16.5. The van der Waals surface area contributed by atoms with Crippen LogP contribution in [0.5, 0.6) is 11.5 Å². The predicted octanol–water partition coefficient (Wildman–Crippen LogP) is 4.21. The van der Waals surface area contributed by atoms with Crippen molar-refractivity contribution in [3.63, 3.8) is 0 Å². The largest absolute Gasteiger partial charge is 0.497 e. The molecule has 1 aliphatic rings. The average molecular weight is 277 g/mol. The first-order chi connectivity index (χ1) is 10.4. The maximum atomic E-state index is 5.76. The molecular weight excluding hydrogens is 262 g/mol. The summed E-state index contributed by atoms with van der Waals surface area (Å²) >= 11 is 0. The molecule has 0 radical (unpaired) electrons. The molecule has 0 fully saturated rings. The number of benzene rings is 2. The van der Waals surface area contributed by atoms with Crippen molar-refractivity contribution in [1.82, 2.24) is 4.98 Å². The third kappa shape index (κ3) is 1.89. The number of ether oxygens (including phenoxy) is 2. The van der Waals surface area contributed by atoms with Gasteiger partial charge in [-0.1, -0.05) is 24.3 Å². The van der Waals surface area contributed by atoms with E-state index in [-0.39, 0.29) is 5.92 Å². The lowest BCUT2D eigenvalue weighted by Crippen LogP contribution is -2.06. The van der Waals surface area contributed by atoms with Crippen LogP contribution < -0.4 is 9.47 Å². The number of allylic oxidation sites excluding steroid dienone is 1. The number of rotatable bonds is 2. The molecule has 2 heterocycles. The first-order valence-corrected chi connectivity index (χ1v) is 6.94. The van der Waals surface area contributed by atoms with Crippen LogP contribution in [0.25, 0.3) is 10.9 Å². The van der Waals surface area contributed by atoms with Gasteiger partial charge in [-0.15, -0.1) is 0 Å². The number of hydrogen-bond acceptors (Lipinski definition) is 2. The van der Waals surface area contributed by atoms with Crippen molar-refractivity contribution < 1.29 is 9.47 Å². The topological polar surface area (TPSA) is 34.2 Å². The van der Waals surface area contributed by atoms with Gasteiger partial charge in [-0.25, -0.2) is 0 Å². The van der Waals surface area contributed by atoms with Gasteiger partial charge in [0.05, 0.1) is 18.9 Å². The molecule has 21 heavy (non-hydrogen) atoms.